The number of hydrogen-bond donors (Lipinski definition) is 1. The highest BCUT2D eigenvalue weighted by molar-refractivity contribution is 6.11. The SMILES string of the molecule is COc1ccc(OC)c(CCN(CCC(=O)O)C(=O)c2ccccc2-c2ccccc2C(=O)N(C)c2ccccn2)c1. The van der Waals surface area contributed by atoms with Crippen molar-refractivity contribution >= 4 is 23.6 Å². The molecule has 0 radical (unpaired) electrons. The fraction of sp³-hybridized carbons (Fsp3) is 0.212. The van der Waals surface area contributed by atoms with Crippen molar-refractivity contribution < 1.29 is 29.0 Å². The van der Waals surface area contributed by atoms with Gasteiger partial charge in [-0.15, -0.1) is 0 Å². The lowest BCUT2D eigenvalue weighted by molar-refractivity contribution is -0.137. The number of nitrogens with zero attached hydrogens (tertiary/aromatic N) is 3. The average molecular weight is 568 g/mol. The first-order valence-corrected chi connectivity index (χ1v) is 13.4. The number of carboxylic acid groups (broad SMARTS) is 1. The lowest BCUT2D eigenvalue weighted by Gasteiger charge is -2.25. The van der Waals surface area contributed by atoms with E-state index in [-0.39, 0.29) is 31.3 Å². The number of carbonyl (C=O) groups excluding carboxylic acids is 2. The van der Waals surface area contributed by atoms with Crippen molar-refractivity contribution in [1.29, 1.82) is 0 Å². The van der Waals surface area contributed by atoms with Crippen molar-refractivity contribution in [3.63, 3.8) is 0 Å². The molecule has 0 aliphatic rings. The number of hydrogen-bond acceptors (Lipinski definition) is 6. The first-order chi connectivity index (χ1) is 20.3. The lowest BCUT2D eigenvalue weighted by Crippen LogP contribution is -2.35. The molecule has 3 aromatic carbocycles. The van der Waals surface area contributed by atoms with Gasteiger partial charge in [0.1, 0.15) is 17.3 Å². The Kier molecular flexibility index (Phi) is 9.89. The monoisotopic (exact) mass is 567 g/mol. The lowest BCUT2D eigenvalue weighted by atomic mass is 9.94. The summed E-state index contributed by atoms with van der Waals surface area (Å²) in [4.78, 5) is 46.4. The molecule has 0 fully saturated rings. The van der Waals surface area contributed by atoms with Crippen LogP contribution in [0.25, 0.3) is 11.1 Å². The predicted molar refractivity (Wildman–Crippen MR) is 160 cm³/mol. The van der Waals surface area contributed by atoms with Crippen LogP contribution in [-0.2, 0) is 11.2 Å². The third-order valence-corrected chi connectivity index (χ3v) is 6.92. The molecule has 0 saturated carbocycles. The Morgan fingerprint density at radius 3 is 2.02 bits per heavy atom. The molecule has 2 amide bonds. The Bertz CT molecular complexity index is 1560. The molecule has 0 unspecified atom stereocenters. The molecule has 1 aromatic heterocycles. The minimum Gasteiger partial charge on any atom is -0.497 e. The van der Waals surface area contributed by atoms with E-state index in [0.29, 0.717) is 46.0 Å². The van der Waals surface area contributed by atoms with Gasteiger partial charge in [0.15, 0.2) is 0 Å². The molecular weight excluding hydrogens is 534 g/mol. The highest BCUT2D eigenvalue weighted by Gasteiger charge is 2.24. The Hall–Kier alpha value is -5.18. The standard InChI is InChI=1S/C33H33N3O6/c1-35(30-14-8-9-19-34-30)32(39)27-12-6-4-10-25(27)26-11-5-7-13-28(26)33(40)36(21-18-31(37)38)20-17-23-22-24(41-2)15-16-29(23)42-3/h4-16,19,22H,17-18,20-21H2,1-3H3,(H,37,38). The zero-order valence-electron chi connectivity index (χ0n) is 23.8. The van der Waals surface area contributed by atoms with Crippen LogP contribution in [0.2, 0.25) is 0 Å². The molecule has 4 aromatic rings. The molecule has 0 spiro atoms. The number of benzene rings is 3. The predicted octanol–water partition coefficient (Wildman–Crippen LogP) is 5.20. The second-order valence-corrected chi connectivity index (χ2v) is 9.51. The van der Waals surface area contributed by atoms with Crippen LogP contribution in [0.3, 0.4) is 0 Å². The van der Waals surface area contributed by atoms with Crippen LogP contribution < -0.4 is 14.4 Å². The summed E-state index contributed by atoms with van der Waals surface area (Å²) >= 11 is 0. The van der Waals surface area contributed by atoms with Crippen LogP contribution in [0, 0.1) is 0 Å². The zero-order chi connectivity index (χ0) is 30.1. The van der Waals surface area contributed by atoms with Gasteiger partial charge in [-0.25, -0.2) is 4.98 Å². The van der Waals surface area contributed by atoms with E-state index >= 15 is 0 Å². The maximum absolute atomic E-state index is 14.1. The molecule has 4 rings (SSSR count). The Balaban J connectivity index is 1.68. The van der Waals surface area contributed by atoms with Gasteiger partial charge in [-0.3, -0.25) is 19.3 Å². The minimum absolute atomic E-state index is 0.0117. The van der Waals surface area contributed by atoms with Crippen LogP contribution in [0.5, 0.6) is 11.5 Å². The summed E-state index contributed by atoms with van der Waals surface area (Å²) in [5.74, 6) is 0.166. The van der Waals surface area contributed by atoms with Crippen molar-refractivity contribution in [3.8, 4) is 22.6 Å². The molecule has 42 heavy (non-hydrogen) atoms. The van der Waals surface area contributed by atoms with Crippen molar-refractivity contribution in [2.75, 3.05) is 39.3 Å². The van der Waals surface area contributed by atoms with E-state index in [0.717, 1.165) is 5.56 Å². The maximum atomic E-state index is 14.1. The number of rotatable bonds is 12. The number of amides is 2. The van der Waals surface area contributed by atoms with Gasteiger partial charge >= 0.3 is 5.97 Å². The first kappa shape index (κ1) is 29.8. The van der Waals surface area contributed by atoms with E-state index in [1.54, 1.807) is 100 Å². The Morgan fingerprint density at radius 2 is 1.43 bits per heavy atom. The number of aromatic nitrogens is 1. The molecular formula is C33H33N3O6. The van der Waals surface area contributed by atoms with E-state index in [9.17, 15) is 19.5 Å². The van der Waals surface area contributed by atoms with E-state index in [2.05, 4.69) is 4.98 Å². The molecule has 0 atom stereocenters. The fourth-order valence-corrected chi connectivity index (χ4v) is 4.69. The van der Waals surface area contributed by atoms with Crippen molar-refractivity contribution in [2.45, 2.75) is 12.8 Å². The van der Waals surface area contributed by atoms with Gasteiger partial charge in [0, 0.05) is 37.5 Å². The fourth-order valence-electron chi connectivity index (χ4n) is 4.69. The van der Waals surface area contributed by atoms with E-state index in [1.165, 1.54) is 9.80 Å². The number of carboxylic acids is 1. The minimum atomic E-state index is -1.01. The molecule has 9 nitrogen and oxygen atoms in total. The smallest absolute Gasteiger partial charge is 0.305 e. The van der Waals surface area contributed by atoms with Gasteiger partial charge < -0.3 is 19.5 Å². The van der Waals surface area contributed by atoms with Crippen molar-refractivity contribution in [3.05, 3.63) is 108 Å². The quantitative estimate of drug-likeness (QED) is 0.251. The number of ether oxygens (including phenoxy) is 2. The van der Waals surface area contributed by atoms with Crippen LogP contribution in [0.1, 0.15) is 32.7 Å². The van der Waals surface area contributed by atoms with E-state index in [1.807, 2.05) is 12.1 Å². The van der Waals surface area contributed by atoms with Crippen LogP contribution in [-0.4, -0.2) is 67.1 Å². The second-order valence-electron chi connectivity index (χ2n) is 9.51. The van der Waals surface area contributed by atoms with Crippen LogP contribution in [0.4, 0.5) is 5.82 Å². The largest absolute Gasteiger partial charge is 0.497 e. The van der Waals surface area contributed by atoms with Gasteiger partial charge in [-0.1, -0.05) is 42.5 Å². The average Bonchev–Trinajstić information content (AvgIpc) is 3.04. The molecule has 1 heterocycles. The first-order valence-electron chi connectivity index (χ1n) is 13.4. The number of methoxy groups -OCH3 is 2. The molecule has 0 saturated heterocycles. The van der Waals surface area contributed by atoms with E-state index < -0.39 is 5.97 Å². The van der Waals surface area contributed by atoms with Crippen LogP contribution in [0.15, 0.2) is 91.1 Å². The topological polar surface area (TPSA) is 109 Å². The Morgan fingerprint density at radius 1 is 0.786 bits per heavy atom. The Labute approximate surface area is 244 Å². The van der Waals surface area contributed by atoms with Crippen LogP contribution >= 0.6 is 0 Å². The highest BCUT2D eigenvalue weighted by Crippen LogP contribution is 2.30. The molecule has 0 aliphatic carbocycles. The summed E-state index contributed by atoms with van der Waals surface area (Å²) in [6.45, 7) is 0.255. The van der Waals surface area contributed by atoms with Gasteiger partial charge in [0.2, 0.25) is 0 Å². The summed E-state index contributed by atoms with van der Waals surface area (Å²) in [6.07, 6.45) is 1.82. The summed E-state index contributed by atoms with van der Waals surface area (Å²) in [5, 5.41) is 9.40. The molecule has 9 heteroatoms. The maximum Gasteiger partial charge on any atom is 0.305 e. The van der Waals surface area contributed by atoms with Gasteiger partial charge in [-0.2, -0.15) is 0 Å². The third-order valence-electron chi connectivity index (χ3n) is 6.92. The third kappa shape index (κ3) is 6.93. The summed E-state index contributed by atoms with van der Waals surface area (Å²) in [5.41, 5.74) is 2.75. The van der Waals surface area contributed by atoms with E-state index in [4.69, 9.17) is 9.47 Å². The highest BCUT2D eigenvalue weighted by atomic mass is 16.5. The van der Waals surface area contributed by atoms with Crippen molar-refractivity contribution in [1.82, 2.24) is 9.88 Å². The zero-order valence-corrected chi connectivity index (χ0v) is 23.8. The van der Waals surface area contributed by atoms with Crippen molar-refractivity contribution in [2.24, 2.45) is 0 Å². The summed E-state index contributed by atoms with van der Waals surface area (Å²) in [6, 6.07) is 24.9. The molecule has 0 aliphatic heterocycles. The summed E-state index contributed by atoms with van der Waals surface area (Å²) < 4.78 is 10.8. The number of aliphatic carboxylic acids is 1. The van der Waals surface area contributed by atoms with Gasteiger partial charge in [0.25, 0.3) is 11.8 Å². The molecule has 1 N–H and O–H groups in total. The second kappa shape index (κ2) is 13.9. The normalized spacial score (nSPS) is 10.5. The van der Waals surface area contributed by atoms with Gasteiger partial charge in [0.05, 0.1) is 20.6 Å². The molecule has 0 bridgehead atoms. The molecule has 216 valence electrons. The van der Waals surface area contributed by atoms with Gasteiger partial charge in [-0.05, 0) is 65.6 Å². The number of anilines is 1. The number of pyridine rings is 1. The summed E-state index contributed by atoms with van der Waals surface area (Å²) in [7, 11) is 4.79. The number of carbonyl (C=O) groups is 3.